The predicted octanol–water partition coefficient (Wildman–Crippen LogP) is 2.30. The Morgan fingerprint density at radius 3 is 2.28 bits per heavy atom. The van der Waals surface area contributed by atoms with E-state index in [0.29, 0.717) is 12.6 Å². The quantitative estimate of drug-likeness (QED) is 0.853. The van der Waals surface area contributed by atoms with E-state index in [1.54, 1.807) is 0 Å². The highest BCUT2D eigenvalue weighted by atomic mass is 16.3. The monoisotopic (exact) mass is 245 g/mol. The summed E-state index contributed by atoms with van der Waals surface area (Å²) in [5, 5.41) is 13.3. The Labute approximate surface area is 109 Å². The van der Waals surface area contributed by atoms with Crippen LogP contribution in [0, 0.1) is 5.41 Å². The summed E-state index contributed by atoms with van der Waals surface area (Å²) in [7, 11) is 0. The van der Waals surface area contributed by atoms with Crippen molar-refractivity contribution in [3.63, 3.8) is 0 Å². The summed E-state index contributed by atoms with van der Waals surface area (Å²) in [6, 6.07) is 9.33. The SMILES string of the molecule is OCC1(CNC2Cc3ccccc3C2)CCCC1. The van der Waals surface area contributed by atoms with Gasteiger partial charge in [-0.15, -0.1) is 0 Å². The van der Waals surface area contributed by atoms with Crippen LogP contribution in [-0.4, -0.2) is 24.3 Å². The molecule has 3 rings (SSSR count). The largest absolute Gasteiger partial charge is 0.396 e. The smallest absolute Gasteiger partial charge is 0.0499 e. The molecule has 1 aromatic carbocycles. The third-order valence-electron chi connectivity index (χ3n) is 4.82. The highest BCUT2D eigenvalue weighted by molar-refractivity contribution is 5.33. The second-order valence-corrected chi connectivity index (χ2v) is 6.12. The van der Waals surface area contributed by atoms with Gasteiger partial charge in [-0.05, 0) is 36.8 Å². The number of hydrogen-bond donors (Lipinski definition) is 2. The molecule has 0 saturated heterocycles. The van der Waals surface area contributed by atoms with E-state index in [2.05, 4.69) is 29.6 Å². The van der Waals surface area contributed by atoms with Crippen LogP contribution in [0.2, 0.25) is 0 Å². The predicted molar refractivity (Wildman–Crippen MR) is 73.6 cm³/mol. The third-order valence-corrected chi connectivity index (χ3v) is 4.82. The number of rotatable bonds is 4. The second kappa shape index (κ2) is 5.02. The number of aliphatic hydroxyl groups is 1. The van der Waals surface area contributed by atoms with Crippen molar-refractivity contribution in [2.75, 3.05) is 13.2 Å². The van der Waals surface area contributed by atoms with Crippen molar-refractivity contribution in [1.82, 2.24) is 5.32 Å². The number of fused-ring (bicyclic) bond motifs is 1. The van der Waals surface area contributed by atoms with Crippen molar-refractivity contribution in [3.8, 4) is 0 Å². The first-order valence-corrected chi connectivity index (χ1v) is 7.22. The minimum Gasteiger partial charge on any atom is -0.396 e. The van der Waals surface area contributed by atoms with Crippen molar-refractivity contribution >= 4 is 0 Å². The van der Waals surface area contributed by atoms with Crippen LogP contribution in [-0.2, 0) is 12.8 Å². The van der Waals surface area contributed by atoms with E-state index in [1.165, 1.54) is 36.8 Å². The molecule has 0 spiro atoms. The first-order chi connectivity index (χ1) is 8.81. The van der Waals surface area contributed by atoms with E-state index in [0.717, 1.165) is 19.4 Å². The van der Waals surface area contributed by atoms with Gasteiger partial charge in [0.15, 0.2) is 0 Å². The molecule has 0 aromatic heterocycles. The maximum atomic E-state index is 9.62. The van der Waals surface area contributed by atoms with Crippen molar-refractivity contribution < 1.29 is 5.11 Å². The van der Waals surface area contributed by atoms with Crippen LogP contribution in [0.25, 0.3) is 0 Å². The summed E-state index contributed by atoms with van der Waals surface area (Å²) in [5.74, 6) is 0. The number of aliphatic hydroxyl groups excluding tert-OH is 1. The average Bonchev–Trinajstić information content (AvgIpc) is 3.03. The van der Waals surface area contributed by atoms with Crippen LogP contribution in [0.1, 0.15) is 36.8 Å². The Morgan fingerprint density at radius 1 is 1.11 bits per heavy atom. The van der Waals surface area contributed by atoms with Gasteiger partial charge in [0.05, 0.1) is 0 Å². The topological polar surface area (TPSA) is 32.3 Å². The number of benzene rings is 1. The van der Waals surface area contributed by atoms with Gasteiger partial charge in [0.2, 0.25) is 0 Å². The van der Waals surface area contributed by atoms with E-state index in [9.17, 15) is 5.11 Å². The van der Waals surface area contributed by atoms with Gasteiger partial charge in [0.25, 0.3) is 0 Å². The van der Waals surface area contributed by atoms with Crippen LogP contribution in [0.3, 0.4) is 0 Å². The molecule has 1 aromatic rings. The highest BCUT2D eigenvalue weighted by Crippen LogP contribution is 2.37. The van der Waals surface area contributed by atoms with E-state index < -0.39 is 0 Å². The van der Waals surface area contributed by atoms with Gasteiger partial charge in [-0.3, -0.25) is 0 Å². The molecule has 0 bridgehead atoms. The second-order valence-electron chi connectivity index (χ2n) is 6.12. The summed E-state index contributed by atoms with van der Waals surface area (Å²) < 4.78 is 0. The molecule has 1 saturated carbocycles. The van der Waals surface area contributed by atoms with Crippen molar-refractivity contribution in [1.29, 1.82) is 0 Å². The van der Waals surface area contributed by atoms with Gasteiger partial charge in [-0.2, -0.15) is 0 Å². The highest BCUT2D eigenvalue weighted by Gasteiger charge is 2.34. The van der Waals surface area contributed by atoms with Crippen molar-refractivity contribution in [2.45, 2.75) is 44.6 Å². The molecule has 0 heterocycles. The van der Waals surface area contributed by atoms with Crippen molar-refractivity contribution in [3.05, 3.63) is 35.4 Å². The molecule has 18 heavy (non-hydrogen) atoms. The first kappa shape index (κ1) is 12.2. The Kier molecular flexibility index (Phi) is 3.40. The van der Waals surface area contributed by atoms with Gasteiger partial charge < -0.3 is 10.4 Å². The molecule has 0 amide bonds. The zero-order chi connectivity index (χ0) is 12.4. The van der Waals surface area contributed by atoms with Gasteiger partial charge in [0.1, 0.15) is 0 Å². The standard InChI is InChI=1S/C16H23NO/c18-12-16(7-3-4-8-16)11-17-15-9-13-5-1-2-6-14(13)10-15/h1-2,5-6,15,17-18H,3-4,7-12H2. The lowest BCUT2D eigenvalue weighted by molar-refractivity contribution is 0.125. The Hall–Kier alpha value is -0.860. The zero-order valence-electron chi connectivity index (χ0n) is 11.0. The molecule has 2 aliphatic carbocycles. The van der Waals surface area contributed by atoms with Crippen LogP contribution < -0.4 is 5.32 Å². The summed E-state index contributed by atoms with van der Waals surface area (Å²) in [6.45, 7) is 1.34. The third kappa shape index (κ3) is 2.32. The summed E-state index contributed by atoms with van der Waals surface area (Å²) in [6.07, 6.45) is 7.25. The van der Waals surface area contributed by atoms with E-state index in [1.807, 2.05) is 0 Å². The van der Waals surface area contributed by atoms with Gasteiger partial charge in [0, 0.05) is 24.6 Å². The minimum atomic E-state index is 0.175. The van der Waals surface area contributed by atoms with Crippen LogP contribution in [0.4, 0.5) is 0 Å². The number of hydrogen-bond acceptors (Lipinski definition) is 2. The molecule has 0 atom stereocenters. The molecular weight excluding hydrogens is 222 g/mol. The fourth-order valence-corrected chi connectivity index (χ4v) is 3.58. The van der Waals surface area contributed by atoms with Gasteiger partial charge >= 0.3 is 0 Å². The lowest BCUT2D eigenvalue weighted by Gasteiger charge is -2.28. The molecular formula is C16H23NO. The molecule has 98 valence electrons. The van der Waals surface area contributed by atoms with Gasteiger partial charge in [-0.25, -0.2) is 0 Å². The molecule has 2 aliphatic rings. The molecule has 0 aliphatic heterocycles. The Balaban J connectivity index is 1.57. The lowest BCUT2D eigenvalue weighted by Crippen LogP contribution is -2.40. The Bertz CT molecular complexity index is 384. The van der Waals surface area contributed by atoms with E-state index in [-0.39, 0.29) is 5.41 Å². The van der Waals surface area contributed by atoms with Crippen LogP contribution in [0.15, 0.2) is 24.3 Å². The fourth-order valence-electron chi connectivity index (χ4n) is 3.58. The van der Waals surface area contributed by atoms with Crippen LogP contribution >= 0.6 is 0 Å². The zero-order valence-corrected chi connectivity index (χ0v) is 11.0. The summed E-state index contributed by atoms with van der Waals surface area (Å²) in [4.78, 5) is 0. The molecule has 2 nitrogen and oxygen atoms in total. The van der Waals surface area contributed by atoms with Crippen LogP contribution in [0.5, 0.6) is 0 Å². The summed E-state index contributed by atoms with van der Waals surface area (Å²) in [5.41, 5.74) is 3.17. The lowest BCUT2D eigenvalue weighted by atomic mass is 9.87. The average molecular weight is 245 g/mol. The minimum absolute atomic E-state index is 0.175. The summed E-state index contributed by atoms with van der Waals surface area (Å²) >= 11 is 0. The molecule has 2 N–H and O–H groups in total. The molecule has 0 unspecified atom stereocenters. The normalized spacial score (nSPS) is 22.3. The maximum absolute atomic E-state index is 9.62. The van der Waals surface area contributed by atoms with Crippen molar-refractivity contribution in [2.24, 2.45) is 5.41 Å². The Morgan fingerprint density at radius 2 is 1.72 bits per heavy atom. The molecule has 2 heteroatoms. The van der Waals surface area contributed by atoms with E-state index in [4.69, 9.17) is 0 Å². The molecule has 0 radical (unpaired) electrons. The van der Waals surface area contributed by atoms with E-state index >= 15 is 0 Å². The molecule has 1 fully saturated rings. The fraction of sp³-hybridized carbons (Fsp3) is 0.625. The first-order valence-electron chi connectivity index (χ1n) is 7.22. The number of nitrogens with one attached hydrogen (secondary N) is 1. The van der Waals surface area contributed by atoms with Gasteiger partial charge in [-0.1, -0.05) is 37.1 Å². The maximum Gasteiger partial charge on any atom is 0.0499 e.